The van der Waals surface area contributed by atoms with E-state index in [1.54, 1.807) is 0 Å². The van der Waals surface area contributed by atoms with Crippen molar-refractivity contribution in [3.05, 3.63) is 30.3 Å². The Balaban J connectivity index is 0.00000180. The molecule has 4 nitrogen and oxygen atoms in total. The SMILES string of the molecule is CNC1CCCN(C(=O)COc2ccccc2)C1.Cl. The summed E-state index contributed by atoms with van der Waals surface area (Å²) in [5.41, 5.74) is 0. The summed E-state index contributed by atoms with van der Waals surface area (Å²) in [6, 6.07) is 9.87. The molecule has 0 saturated carbocycles. The second-order valence-corrected chi connectivity index (χ2v) is 4.57. The van der Waals surface area contributed by atoms with Crippen molar-refractivity contribution in [1.82, 2.24) is 10.2 Å². The standard InChI is InChI=1S/C14H20N2O2.ClH/c1-15-12-6-5-9-16(10-12)14(17)11-18-13-7-3-2-4-8-13;/h2-4,7-8,12,15H,5-6,9-11H2,1H3;1H. The number of piperidine rings is 1. The molecule has 1 aliphatic rings. The highest BCUT2D eigenvalue weighted by atomic mass is 35.5. The number of benzene rings is 1. The average Bonchev–Trinajstić information content (AvgIpc) is 2.46. The molecule has 0 bridgehead atoms. The van der Waals surface area contributed by atoms with Gasteiger partial charge in [0.1, 0.15) is 5.75 Å². The lowest BCUT2D eigenvalue weighted by molar-refractivity contribution is -0.134. The molecule has 1 atom stereocenters. The second kappa shape index (κ2) is 8.02. The van der Waals surface area contributed by atoms with Crippen molar-refractivity contribution in [3.8, 4) is 5.75 Å². The fraction of sp³-hybridized carbons (Fsp3) is 0.500. The van der Waals surface area contributed by atoms with E-state index in [0.29, 0.717) is 6.04 Å². The fourth-order valence-corrected chi connectivity index (χ4v) is 2.19. The van der Waals surface area contributed by atoms with Gasteiger partial charge in [-0.25, -0.2) is 0 Å². The Morgan fingerprint density at radius 1 is 1.42 bits per heavy atom. The predicted octanol–water partition coefficient (Wildman–Crippen LogP) is 1.70. The number of nitrogens with one attached hydrogen (secondary N) is 1. The molecule has 1 unspecified atom stereocenters. The molecule has 0 aliphatic carbocycles. The largest absolute Gasteiger partial charge is 0.484 e. The van der Waals surface area contributed by atoms with Gasteiger partial charge in [-0.05, 0) is 32.0 Å². The van der Waals surface area contributed by atoms with Crippen LogP contribution in [-0.4, -0.2) is 43.6 Å². The number of likely N-dealkylation sites (N-methyl/N-ethyl adjacent to an activating group) is 1. The second-order valence-electron chi connectivity index (χ2n) is 4.57. The highest BCUT2D eigenvalue weighted by Crippen LogP contribution is 2.12. The van der Waals surface area contributed by atoms with Crippen LogP contribution >= 0.6 is 12.4 Å². The molecule has 1 aliphatic heterocycles. The van der Waals surface area contributed by atoms with Crippen LogP contribution in [0.2, 0.25) is 0 Å². The van der Waals surface area contributed by atoms with Crippen molar-refractivity contribution in [2.24, 2.45) is 0 Å². The first kappa shape index (κ1) is 15.8. The Hall–Kier alpha value is -1.26. The summed E-state index contributed by atoms with van der Waals surface area (Å²) in [6.45, 7) is 1.75. The maximum absolute atomic E-state index is 12.0. The molecule has 2 rings (SSSR count). The maximum atomic E-state index is 12.0. The van der Waals surface area contributed by atoms with E-state index in [4.69, 9.17) is 4.74 Å². The number of rotatable bonds is 4. The number of hydrogen-bond acceptors (Lipinski definition) is 3. The number of amides is 1. The number of likely N-dealkylation sites (tertiary alicyclic amines) is 1. The van der Waals surface area contributed by atoms with Gasteiger partial charge in [-0.3, -0.25) is 4.79 Å². The minimum absolute atomic E-state index is 0. The zero-order valence-corrected chi connectivity index (χ0v) is 12.0. The summed E-state index contributed by atoms with van der Waals surface area (Å²) in [7, 11) is 1.94. The molecule has 1 saturated heterocycles. The lowest BCUT2D eigenvalue weighted by Gasteiger charge is -2.32. The van der Waals surface area contributed by atoms with E-state index in [2.05, 4.69) is 5.32 Å². The summed E-state index contributed by atoms with van der Waals surface area (Å²) >= 11 is 0. The zero-order chi connectivity index (χ0) is 12.8. The molecule has 1 heterocycles. The van der Waals surface area contributed by atoms with Crippen LogP contribution in [0.25, 0.3) is 0 Å². The third-order valence-electron chi connectivity index (χ3n) is 3.29. The van der Waals surface area contributed by atoms with Gasteiger partial charge >= 0.3 is 0 Å². The molecule has 1 aromatic carbocycles. The van der Waals surface area contributed by atoms with Crippen molar-refractivity contribution in [2.75, 3.05) is 26.7 Å². The first-order chi connectivity index (χ1) is 8.79. The Morgan fingerprint density at radius 3 is 2.84 bits per heavy atom. The lowest BCUT2D eigenvalue weighted by Crippen LogP contribution is -2.48. The summed E-state index contributed by atoms with van der Waals surface area (Å²) in [5, 5.41) is 3.23. The van der Waals surface area contributed by atoms with Crippen molar-refractivity contribution in [2.45, 2.75) is 18.9 Å². The Bertz CT molecular complexity index is 386. The molecule has 106 valence electrons. The number of ether oxygens (including phenoxy) is 1. The van der Waals surface area contributed by atoms with Crippen LogP contribution in [0.5, 0.6) is 5.75 Å². The van der Waals surface area contributed by atoms with Gasteiger partial charge in [0, 0.05) is 19.1 Å². The van der Waals surface area contributed by atoms with Gasteiger partial charge in [0.15, 0.2) is 6.61 Å². The van der Waals surface area contributed by atoms with Gasteiger partial charge in [-0.2, -0.15) is 0 Å². The van der Waals surface area contributed by atoms with Gasteiger partial charge in [0.25, 0.3) is 5.91 Å². The Labute approximate surface area is 120 Å². The minimum Gasteiger partial charge on any atom is -0.484 e. The van der Waals surface area contributed by atoms with E-state index < -0.39 is 0 Å². The van der Waals surface area contributed by atoms with Crippen LogP contribution in [0.1, 0.15) is 12.8 Å². The normalized spacial score (nSPS) is 18.6. The molecule has 1 fully saturated rings. The van der Waals surface area contributed by atoms with Crippen molar-refractivity contribution in [1.29, 1.82) is 0 Å². The summed E-state index contributed by atoms with van der Waals surface area (Å²) in [6.07, 6.45) is 2.20. The highest BCUT2D eigenvalue weighted by Gasteiger charge is 2.22. The quantitative estimate of drug-likeness (QED) is 0.915. The number of carbonyl (C=O) groups excluding carboxylic acids is 1. The van der Waals surface area contributed by atoms with E-state index in [0.717, 1.165) is 31.7 Å². The Morgan fingerprint density at radius 2 is 2.16 bits per heavy atom. The molecule has 1 aromatic rings. The topological polar surface area (TPSA) is 41.6 Å². The number of halogens is 1. The first-order valence-electron chi connectivity index (χ1n) is 6.42. The van der Waals surface area contributed by atoms with E-state index in [9.17, 15) is 4.79 Å². The molecule has 5 heteroatoms. The van der Waals surface area contributed by atoms with Crippen molar-refractivity contribution >= 4 is 18.3 Å². The Kier molecular flexibility index (Phi) is 6.67. The smallest absolute Gasteiger partial charge is 0.260 e. The minimum atomic E-state index is 0. The van der Waals surface area contributed by atoms with E-state index >= 15 is 0 Å². The van der Waals surface area contributed by atoms with Gasteiger partial charge in [0.05, 0.1) is 0 Å². The van der Waals surface area contributed by atoms with Gasteiger partial charge in [-0.15, -0.1) is 12.4 Å². The van der Waals surface area contributed by atoms with Crippen molar-refractivity contribution in [3.63, 3.8) is 0 Å². The van der Waals surface area contributed by atoms with Crippen LogP contribution in [0.15, 0.2) is 30.3 Å². The summed E-state index contributed by atoms with van der Waals surface area (Å²) < 4.78 is 5.48. The fourth-order valence-electron chi connectivity index (χ4n) is 2.19. The molecular formula is C14H21ClN2O2. The van der Waals surface area contributed by atoms with Crippen LogP contribution in [0.3, 0.4) is 0 Å². The monoisotopic (exact) mass is 284 g/mol. The summed E-state index contributed by atoms with van der Waals surface area (Å²) in [4.78, 5) is 13.9. The van der Waals surface area contributed by atoms with Crippen LogP contribution in [0.4, 0.5) is 0 Å². The first-order valence-corrected chi connectivity index (χ1v) is 6.42. The average molecular weight is 285 g/mol. The van der Waals surface area contributed by atoms with Gasteiger partial charge in [0.2, 0.25) is 0 Å². The van der Waals surface area contributed by atoms with Crippen molar-refractivity contribution < 1.29 is 9.53 Å². The predicted molar refractivity (Wildman–Crippen MR) is 77.8 cm³/mol. The lowest BCUT2D eigenvalue weighted by atomic mass is 10.1. The highest BCUT2D eigenvalue weighted by molar-refractivity contribution is 5.85. The zero-order valence-electron chi connectivity index (χ0n) is 11.2. The third-order valence-corrected chi connectivity index (χ3v) is 3.29. The van der Waals surface area contributed by atoms with Crippen LogP contribution in [0, 0.1) is 0 Å². The molecule has 1 N–H and O–H groups in total. The number of nitrogens with zero attached hydrogens (tertiary/aromatic N) is 1. The number of para-hydroxylation sites is 1. The molecule has 0 spiro atoms. The van der Waals surface area contributed by atoms with E-state index in [1.165, 1.54) is 0 Å². The van der Waals surface area contributed by atoms with Gasteiger partial charge in [-0.1, -0.05) is 18.2 Å². The van der Waals surface area contributed by atoms with Crippen LogP contribution in [-0.2, 0) is 4.79 Å². The van der Waals surface area contributed by atoms with E-state index in [1.807, 2.05) is 42.3 Å². The number of carbonyl (C=O) groups is 1. The number of hydrogen-bond donors (Lipinski definition) is 1. The van der Waals surface area contributed by atoms with Crippen LogP contribution < -0.4 is 10.1 Å². The third kappa shape index (κ3) is 4.73. The maximum Gasteiger partial charge on any atom is 0.260 e. The van der Waals surface area contributed by atoms with E-state index in [-0.39, 0.29) is 24.9 Å². The molecule has 0 aromatic heterocycles. The summed E-state index contributed by atoms with van der Waals surface area (Å²) in [5.74, 6) is 0.812. The molecule has 19 heavy (non-hydrogen) atoms. The van der Waals surface area contributed by atoms with Gasteiger partial charge < -0.3 is 15.0 Å². The molecular weight excluding hydrogens is 264 g/mol. The molecule has 1 amide bonds. The molecule has 0 radical (unpaired) electrons.